The predicted octanol–water partition coefficient (Wildman–Crippen LogP) is 5.66. The summed E-state index contributed by atoms with van der Waals surface area (Å²) in [6.07, 6.45) is -4.17. The summed E-state index contributed by atoms with van der Waals surface area (Å²) in [5.74, 6) is 0. The SMILES string of the molecule is CCNC(CCCC(F)(F)F)c1cc(Br)sc1Br. The monoisotopic (exact) mass is 407 g/mol. The maximum Gasteiger partial charge on any atom is 0.389 e. The molecule has 1 N–H and O–H groups in total. The zero-order chi connectivity index (χ0) is 13.8. The van der Waals surface area contributed by atoms with Crippen molar-refractivity contribution in [2.75, 3.05) is 6.54 Å². The molecule has 0 saturated carbocycles. The lowest BCUT2D eigenvalue weighted by Crippen LogP contribution is -2.21. The summed E-state index contributed by atoms with van der Waals surface area (Å²) in [4.78, 5) is 0. The van der Waals surface area contributed by atoms with Gasteiger partial charge in [-0.1, -0.05) is 6.92 Å². The van der Waals surface area contributed by atoms with E-state index in [0.717, 1.165) is 19.7 Å². The van der Waals surface area contributed by atoms with Crippen molar-refractivity contribution >= 4 is 43.2 Å². The van der Waals surface area contributed by atoms with Crippen molar-refractivity contribution in [1.29, 1.82) is 0 Å². The van der Waals surface area contributed by atoms with Crippen LogP contribution >= 0.6 is 43.2 Å². The highest BCUT2D eigenvalue weighted by Crippen LogP contribution is 2.37. The van der Waals surface area contributed by atoms with Crippen molar-refractivity contribution in [3.63, 3.8) is 0 Å². The second kappa shape index (κ2) is 7.26. The van der Waals surface area contributed by atoms with Crippen LogP contribution in [0.2, 0.25) is 0 Å². The van der Waals surface area contributed by atoms with Crippen molar-refractivity contribution in [2.24, 2.45) is 0 Å². The van der Waals surface area contributed by atoms with Gasteiger partial charge < -0.3 is 5.32 Å². The Bertz CT molecular complexity index is 379. The van der Waals surface area contributed by atoms with E-state index in [9.17, 15) is 13.2 Å². The highest BCUT2D eigenvalue weighted by molar-refractivity contribution is 9.12. The van der Waals surface area contributed by atoms with Gasteiger partial charge in [0.2, 0.25) is 0 Å². The van der Waals surface area contributed by atoms with Gasteiger partial charge in [-0.15, -0.1) is 11.3 Å². The van der Waals surface area contributed by atoms with E-state index in [1.165, 1.54) is 11.3 Å². The van der Waals surface area contributed by atoms with Crippen LogP contribution in [0.4, 0.5) is 13.2 Å². The number of thiophene rings is 1. The van der Waals surface area contributed by atoms with E-state index in [4.69, 9.17) is 0 Å². The predicted molar refractivity (Wildman–Crippen MR) is 76.0 cm³/mol. The quantitative estimate of drug-likeness (QED) is 0.640. The first-order valence-electron chi connectivity index (χ1n) is 5.58. The van der Waals surface area contributed by atoms with Crippen molar-refractivity contribution < 1.29 is 13.2 Å². The van der Waals surface area contributed by atoms with Gasteiger partial charge in [0, 0.05) is 12.5 Å². The third kappa shape index (κ3) is 5.59. The van der Waals surface area contributed by atoms with Crippen molar-refractivity contribution in [2.45, 2.75) is 38.4 Å². The van der Waals surface area contributed by atoms with Crippen molar-refractivity contribution in [3.8, 4) is 0 Å². The lowest BCUT2D eigenvalue weighted by atomic mass is 10.0. The number of rotatable bonds is 6. The minimum absolute atomic E-state index is 0.0331. The highest BCUT2D eigenvalue weighted by Gasteiger charge is 2.27. The summed E-state index contributed by atoms with van der Waals surface area (Å²) < 4.78 is 38.4. The van der Waals surface area contributed by atoms with Crippen LogP contribution in [0.5, 0.6) is 0 Å². The second-order valence-electron chi connectivity index (χ2n) is 3.90. The zero-order valence-corrected chi connectivity index (χ0v) is 13.8. The van der Waals surface area contributed by atoms with E-state index in [-0.39, 0.29) is 12.5 Å². The van der Waals surface area contributed by atoms with Gasteiger partial charge in [0.25, 0.3) is 0 Å². The van der Waals surface area contributed by atoms with Crippen LogP contribution in [0.1, 0.15) is 37.8 Å². The van der Waals surface area contributed by atoms with E-state index in [2.05, 4.69) is 37.2 Å². The summed E-state index contributed by atoms with van der Waals surface area (Å²) >= 11 is 8.36. The van der Waals surface area contributed by atoms with E-state index < -0.39 is 12.6 Å². The van der Waals surface area contributed by atoms with Crippen LogP contribution < -0.4 is 5.32 Å². The number of hydrogen-bond acceptors (Lipinski definition) is 2. The molecule has 1 heterocycles. The number of alkyl halides is 3. The molecule has 0 saturated heterocycles. The molecule has 1 aromatic rings. The summed E-state index contributed by atoms with van der Waals surface area (Å²) in [6, 6.07) is 1.92. The molecular formula is C11H14Br2F3NS. The molecule has 0 bridgehead atoms. The molecule has 1 rings (SSSR count). The molecule has 0 amide bonds. The number of nitrogens with one attached hydrogen (secondary N) is 1. The zero-order valence-electron chi connectivity index (χ0n) is 9.78. The van der Waals surface area contributed by atoms with Gasteiger partial charge in [-0.3, -0.25) is 0 Å². The van der Waals surface area contributed by atoms with Crippen molar-refractivity contribution in [1.82, 2.24) is 5.32 Å². The lowest BCUT2D eigenvalue weighted by Gasteiger charge is -2.18. The average molecular weight is 409 g/mol. The Balaban J connectivity index is 2.63. The topological polar surface area (TPSA) is 12.0 Å². The molecule has 1 nitrogen and oxygen atoms in total. The normalized spacial score (nSPS) is 13.9. The van der Waals surface area contributed by atoms with Crippen LogP contribution in [0.3, 0.4) is 0 Å². The first kappa shape index (κ1) is 16.5. The van der Waals surface area contributed by atoms with Crippen LogP contribution in [-0.4, -0.2) is 12.7 Å². The Hall–Kier alpha value is 0.410. The molecular weight excluding hydrogens is 395 g/mol. The molecule has 7 heteroatoms. The van der Waals surface area contributed by atoms with Crippen LogP contribution in [0.15, 0.2) is 13.6 Å². The Morgan fingerprint density at radius 2 is 2.06 bits per heavy atom. The van der Waals surface area contributed by atoms with Gasteiger partial charge in [-0.25, -0.2) is 0 Å². The van der Waals surface area contributed by atoms with Crippen LogP contribution in [-0.2, 0) is 0 Å². The molecule has 0 aromatic carbocycles. The molecule has 0 fully saturated rings. The van der Waals surface area contributed by atoms with Crippen molar-refractivity contribution in [3.05, 3.63) is 19.2 Å². The minimum Gasteiger partial charge on any atom is -0.310 e. The average Bonchev–Trinajstić information content (AvgIpc) is 2.55. The number of hydrogen-bond donors (Lipinski definition) is 1. The molecule has 1 unspecified atom stereocenters. The van der Waals surface area contributed by atoms with Gasteiger partial charge in [0.1, 0.15) is 0 Å². The van der Waals surface area contributed by atoms with Crippen LogP contribution in [0.25, 0.3) is 0 Å². The summed E-state index contributed by atoms with van der Waals surface area (Å²) in [7, 11) is 0. The fraction of sp³-hybridized carbons (Fsp3) is 0.636. The molecule has 0 aliphatic heterocycles. The first-order valence-corrected chi connectivity index (χ1v) is 7.98. The Morgan fingerprint density at radius 1 is 1.39 bits per heavy atom. The highest BCUT2D eigenvalue weighted by atomic mass is 79.9. The largest absolute Gasteiger partial charge is 0.389 e. The molecule has 0 radical (unpaired) electrons. The molecule has 0 aliphatic rings. The van der Waals surface area contributed by atoms with Crippen LogP contribution in [0, 0.1) is 0 Å². The molecule has 104 valence electrons. The summed E-state index contributed by atoms with van der Waals surface area (Å²) in [5.41, 5.74) is 1.02. The lowest BCUT2D eigenvalue weighted by molar-refractivity contribution is -0.135. The van der Waals surface area contributed by atoms with Gasteiger partial charge >= 0.3 is 6.18 Å². The fourth-order valence-electron chi connectivity index (χ4n) is 1.71. The third-order valence-electron chi connectivity index (χ3n) is 2.46. The first-order chi connectivity index (χ1) is 8.33. The Morgan fingerprint density at radius 3 is 2.50 bits per heavy atom. The van der Waals surface area contributed by atoms with E-state index in [1.54, 1.807) is 0 Å². The number of halogens is 5. The maximum absolute atomic E-state index is 12.1. The summed E-state index contributed by atoms with van der Waals surface area (Å²) in [6.45, 7) is 2.68. The Kier molecular flexibility index (Phi) is 6.64. The smallest absolute Gasteiger partial charge is 0.310 e. The Labute approximate surface area is 125 Å². The van der Waals surface area contributed by atoms with Gasteiger partial charge in [0.05, 0.1) is 7.57 Å². The van der Waals surface area contributed by atoms with E-state index >= 15 is 0 Å². The van der Waals surface area contributed by atoms with Gasteiger partial charge in [-0.2, -0.15) is 13.2 Å². The molecule has 0 spiro atoms. The minimum atomic E-state index is -4.07. The maximum atomic E-state index is 12.1. The molecule has 18 heavy (non-hydrogen) atoms. The summed E-state index contributed by atoms with van der Waals surface area (Å²) in [5, 5.41) is 3.23. The second-order valence-corrected chi connectivity index (χ2v) is 7.65. The molecule has 1 aromatic heterocycles. The fourth-order valence-corrected chi connectivity index (χ4v) is 4.69. The van der Waals surface area contributed by atoms with Gasteiger partial charge in [0.15, 0.2) is 0 Å². The van der Waals surface area contributed by atoms with E-state index in [0.29, 0.717) is 6.42 Å². The van der Waals surface area contributed by atoms with E-state index in [1.807, 2.05) is 13.0 Å². The molecule has 0 aliphatic carbocycles. The van der Waals surface area contributed by atoms with Gasteiger partial charge in [-0.05, 0) is 62.9 Å². The standard InChI is InChI=1S/C11H14Br2F3NS/c1-2-17-8(4-3-5-11(14,15)16)7-6-9(12)18-10(7)13/h6,8,17H,2-5H2,1H3. The third-order valence-corrected chi connectivity index (χ3v) is 4.85. The molecule has 1 atom stereocenters.